The van der Waals surface area contributed by atoms with Crippen LogP contribution < -0.4 is 11.1 Å². The highest BCUT2D eigenvalue weighted by atomic mass is 79.9. The Hall–Kier alpha value is -1.50. The molecule has 1 saturated heterocycles. The maximum Gasteiger partial charge on any atom is 0.410 e. The van der Waals surface area contributed by atoms with Crippen LogP contribution in [-0.2, 0) is 4.74 Å². The van der Waals surface area contributed by atoms with Crippen molar-refractivity contribution in [2.24, 2.45) is 5.92 Å². The zero-order valence-electron chi connectivity index (χ0n) is 13.0. The van der Waals surface area contributed by atoms with Gasteiger partial charge < -0.3 is 20.7 Å². The van der Waals surface area contributed by atoms with Crippen LogP contribution in [0.25, 0.3) is 0 Å². The van der Waals surface area contributed by atoms with Crippen LogP contribution in [0.3, 0.4) is 0 Å². The van der Waals surface area contributed by atoms with Gasteiger partial charge in [-0.2, -0.15) is 0 Å². The van der Waals surface area contributed by atoms with Crippen molar-refractivity contribution < 1.29 is 13.9 Å². The Morgan fingerprint density at radius 2 is 2.14 bits per heavy atom. The fraction of sp³-hybridized carbons (Fsp3) is 0.533. The van der Waals surface area contributed by atoms with E-state index in [4.69, 9.17) is 10.5 Å². The van der Waals surface area contributed by atoms with Gasteiger partial charge in [-0.3, -0.25) is 0 Å². The van der Waals surface area contributed by atoms with Crippen molar-refractivity contribution in [1.82, 2.24) is 4.90 Å². The van der Waals surface area contributed by atoms with Crippen LogP contribution in [0, 0.1) is 11.7 Å². The molecule has 1 fully saturated rings. The monoisotopic (exact) mass is 373 g/mol. The van der Waals surface area contributed by atoms with E-state index in [0.29, 0.717) is 41.4 Å². The normalized spacial score (nSPS) is 15.4. The highest BCUT2D eigenvalue weighted by Crippen LogP contribution is 2.27. The number of rotatable bonds is 3. The lowest BCUT2D eigenvalue weighted by Gasteiger charge is -2.40. The number of nitrogens with zero attached hydrogens (tertiary/aromatic N) is 1. The Kier molecular flexibility index (Phi) is 4.84. The lowest BCUT2D eigenvalue weighted by molar-refractivity contribution is 0.000847. The molecule has 0 saturated carbocycles. The van der Waals surface area contributed by atoms with Gasteiger partial charge in [-0.05, 0) is 42.8 Å². The summed E-state index contributed by atoms with van der Waals surface area (Å²) in [5, 5.41) is 3.13. The van der Waals surface area contributed by atoms with E-state index >= 15 is 0 Å². The fourth-order valence-corrected chi connectivity index (χ4v) is 2.51. The number of benzene rings is 1. The van der Waals surface area contributed by atoms with Gasteiger partial charge in [0.2, 0.25) is 0 Å². The summed E-state index contributed by atoms with van der Waals surface area (Å²) >= 11 is 3.09. The Balaban J connectivity index is 1.79. The van der Waals surface area contributed by atoms with Crippen LogP contribution in [0.1, 0.15) is 20.8 Å². The molecular formula is C15H21BrFN3O2. The van der Waals surface area contributed by atoms with Crippen molar-refractivity contribution in [2.45, 2.75) is 26.4 Å². The van der Waals surface area contributed by atoms with Crippen molar-refractivity contribution in [3.63, 3.8) is 0 Å². The fourth-order valence-electron chi connectivity index (χ4n) is 2.14. The number of hydrogen-bond acceptors (Lipinski definition) is 4. The highest BCUT2D eigenvalue weighted by molar-refractivity contribution is 9.10. The van der Waals surface area contributed by atoms with Gasteiger partial charge in [-0.25, -0.2) is 9.18 Å². The maximum atomic E-state index is 13.5. The van der Waals surface area contributed by atoms with Crippen molar-refractivity contribution in [3.8, 4) is 0 Å². The van der Waals surface area contributed by atoms with Crippen molar-refractivity contribution in [1.29, 1.82) is 0 Å². The molecule has 1 aromatic carbocycles. The first-order valence-corrected chi connectivity index (χ1v) is 7.91. The van der Waals surface area contributed by atoms with Gasteiger partial charge in [0.15, 0.2) is 0 Å². The van der Waals surface area contributed by atoms with Crippen LogP contribution in [-0.4, -0.2) is 36.2 Å². The number of hydrogen-bond donors (Lipinski definition) is 2. The summed E-state index contributed by atoms with van der Waals surface area (Å²) in [5.41, 5.74) is 6.40. The molecular weight excluding hydrogens is 353 g/mol. The molecule has 1 heterocycles. The molecule has 0 atom stereocenters. The molecule has 2 rings (SSSR count). The lowest BCUT2D eigenvalue weighted by Crippen LogP contribution is -2.53. The Morgan fingerprint density at radius 1 is 1.50 bits per heavy atom. The third-order valence-corrected chi connectivity index (χ3v) is 3.89. The molecule has 0 aliphatic carbocycles. The average molecular weight is 374 g/mol. The van der Waals surface area contributed by atoms with E-state index in [0.717, 1.165) is 0 Å². The van der Waals surface area contributed by atoms with Crippen LogP contribution in [0.15, 0.2) is 16.6 Å². The number of halogens is 2. The minimum Gasteiger partial charge on any atom is -0.444 e. The van der Waals surface area contributed by atoms with Gasteiger partial charge in [-0.1, -0.05) is 0 Å². The molecule has 0 unspecified atom stereocenters. The average Bonchev–Trinajstić information content (AvgIpc) is 2.31. The molecule has 22 heavy (non-hydrogen) atoms. The third kappa shape index (κ3) is 4.25. The van der Waals surface area contributed by atoms with Crippen molar-refractivity contribution >= 4 is 33.4 Å². The number of amides is 1. The molecule has 3 N–H and O–H groups in total. The maximum absolute atomic E-state index is 13.5. The zero-order valence-corrected chi connectivity index (χ0v) is 14.5. The summed E-state index contributed by atoms with van der Waals surface area (Å²) in [4.78, 5) is 13.5. The van der Waals surface area contributed by atoms with E-state index in [-0.39, 0.29) is 11.9 Å². The molecule has 1 aromatic rings. The summed E-state index contributed by atoms with van der Waals surface area (Å²) in [6.07, 6.45) is -0.294. The molecule has 1 aliphatic heterocycles. The highest BCUT2D eigenvalue weighted by Gasteiger charge is 2.33. The van der Waals surface area contributed by atoms with Gasteiger partial charge in [-0.15, -0.1) is 0 Å². The first kappa shape index (κ1) is 16.9. The van der Waals surface area contributed by atoms with Crippen molar-refractivity contribution in [2.75, 3.05) is 30.7 Å². The van der Waals surface area contributed by atoms with Crippen LogP contribution in [0.4, 0.5) is 20.6 Å². The number of likely N-dealkylation sites (tertiary alicyclic amines) is 1. The molecule has 0 radical (unpaired) electrons. The molecule has 0 bridgehead atoms. The topological polar surface area (TPSA) is 67.6 Å². The molecule has 7 heteroatoms. The van der Waals surface area contributed by atoms with Crippen LogP contribution in [0.5, 0.6) is 0 Å². The van der Waals surface area contributed by atoms with Gasteiger partial charge in [0, 0.05) is 31.6 Å². The summed E-state index contributed by atoms with van der Waals surface area (Å²) in [6, 6.07) is 2.90. The van der Waals surface area contributed by atoms with E-state index in [1.54, 1.807) is 4.90 Å². The van der Waals surface area contributed by atoms with E-state index in [9.17, 15) is 9.18 Å². The predicted octanol–water partition coefficient (Wildman–Crippen LogP) is 3.45. The zero-order chi connectivity index (χ0) is 16.5. The Morgan fingerprint density at radius 3 is 2.73 bits per heavy atom. The van der Waals surface area contributed by atoms with E-state index in [2.05, 4.69) is 21.2 Å². The second-order valence-electron chi connectivity index (χ2n) is 6.49. The summed E-state index contributed by atoms with van der Waals surface area (Å²) in [6.45, 7) is 7.41. The number of nitrogen functional groups attached to an aromatic ring is 1. The van der Waals surface area contributed by atoms with E-state index in [1.807, 2.05) is 20.8 Å². The first-order chi connectivity index (χ1) is 10.2. The van der Waals surface area contributed by atoms with E-state index in [1.165, 1.54) is 12.1 Å². The minimum absolute atomic E-state index is 0.294. The minimum atomic E-state index is -0.482. The number of carbonyl (C=O) groups is 1. The van der Waals surface area contributed by atoms with Gasteiger partial charge in [0.1, 0.15) is 11.4 Å². The number of nitrogens with two attached hydrogens (primary N) is 1. The van der Waals surface area contributed by atoms with Crippen LogP contribution >= 0.6 is 15.9 Å². The summed E-state index contributed by atoms with van der Waals surface area (Å²) < 4.78 is 19.1. The predicted molar refractivity (Wildman–Crippen MR) is 88.3 cm³/mol. The van der Waals surface area contributed by atoms with Gasteiger partial charge in [0.05, 0.1) is 15.8 Å². The molecule has 1 aliphatic rings. The smallest absolute Gasteiger partial charge is 0.410 e. The second-order valence-corrected chi connectivity index (χ2v) is 7.34. The quantitative estimate of drug-likeness (QED) is 0.796. The Labute approximate surface area is 138 Å². The first-order valence-electron chi connectivity index (χ1n) is 7.12. The number of ether oxygens (including phenoxy) is 1. The van der Waals surface area contributed by atoms with Crippen LogP contribution in [0.2, 0.25) is 0 Å². The summed E-state index contributed by atoms with van der Waals surface area (Å²) in [7, 11) is 0. The molecule has 0 spiro atoms. The lowest BCUT2D eigenvalue weighted by atomic mass is 10.0. The van der Waals surface area contributed by atoms with Gasteiger partial charge in [0.25, 0.3) is 0 Å². The Bertz CT molecular complexity index is 569. The number of anilines is 2. The standard InChI is InChI=1S/C15H21BrFN3O2/c1-15(2,3)22-14(21)20-7-9(8-20)6-19-13-5-11(17)10(16)4-12(13)18/h4-5,9,19H,6-8,18H2,1-3H3. The van der Waals surface area contributed by atoms with Gasteiger partial charge >= 0.3 is 6.09 Å². The van der Waals surface area contributed by atoms with Crippen molar-refractivity contribution in [3.05, 3.63) is 22.4 Å². The number of carbonyl (C=O) groups excluding carboxylic acids is 1. The third-order valence-electron chi connectivity index (χ3n) is 3.28. The molecule has 0 aromatic heterocycles. The summed E-state index contributed by atoms with van der Waals surface area (Å²) in [5.74, 6) is -0.0562. The molecule has 122 valence electrons. The largest absolute Gasteiger partial charge is 0.444 e. The molecule has 1 amide bonds. The second kappa shape index (κ2) is 6.32. The van der Waals surface area contributed by atoms with E-state index < -0.39 is 5.60 Å². The SMILES string of the molecule is CC(C)(C)OC(=O)N1CC(CNc2cc(F)c(Br)cc2N)C1. The molecule has 5 nitrogen and oxygen atoms in total. The number of nitrogens with one attached hydrogen (secondary N) is 1.